The second-order valence-electron chi connectivity index (χ2n) is 3.94. The van der Waals surface area contributed by atoms with Crippen molar-refractivity contribution in [2.45, 2.75) is 26.2 Å². The summed E-state index contributed by atoms with van der Waals surface area (Å²) in [4.78, 5) is 0. The van der Waals surface area contributed by atoms with Gasteiger partial charge in [0.25, 0.3) is 10.2 Å². The molecule has 0 aromatic carbocycles. The fourth-order valence-corrected chi connectivity index (χ4v) is 2.61. The Morgan fingerprint density at radius 1 is 1.33 bits per heavy atom. The summed E-state index contributed by atoms with van der Waals surface area (Å²) in [5.41, 5.74) is 0. The van der Waals surface area contributed by atoms with Crippen molar-refractivity contribution in [1.29, 1.82) is 0 Å². The van der Waals surface area contributed by atoms with Crippen LogP contribution >= 0.6 is 0 Å². The molecule has 0 aliphatic carbocycles. The predicted octanol–water partition coefficient (Wildman–Crippen LogP) is -0.180. The van der Waals surface area contributed by atoms with E-state index in [4.69, 9.17) is 0 Å². The Bertz CT molecular complexity index is 261. The fraction of sp³-hybridized carbons (Fsp3) is 1.00. The summed E-state index contributed by atoms with van der Waals surface area (Å²) >= 11 is 0. The lowest BCUT2D eigenvalue weighted by molar-refractivity contribution is 0.515. The van der Waals surface area contributed by atoms with E-state index in [-0.39, 0.29) is 0 Å². The molecule has 1 unspecified atom stereocenters. The number of hydrogen-bond donors (Lipinski definition) is 3. The zero-order valence-electron chi connectivity index (χ0n) is 9.25. The van der Waals surface area contributed by atoms with Gasteiger partial charge in [-0.1, -0.05) is 6.92 Å². The van der Waals surface area contributed by atoms with Crippen molar-refractivity contribution >= 4 is 10.2 Å². The van der Waals surface area contributed by atoms with Gasteiger partial charge in [0.2, 0.25) is 0 Å². The van der Waals surface area contributed by atoms with E-state index in [1.165, 1.54) is 0 Å². The maximum absolute atomic E-state index is 11.3. The Balaban J connectivity index is 2.12. The normalized spacial score (nSPS) is 22.1. The third kappa shape index (κ3) is 5.46. The van der Waals surface area contributed by atoms with E-state index in [9.17, 15) is 8.42 Å². The molecule has 0 aromatic rings. The minimum atomic E-state index is -3.26. The zero-order chi connectivity index (χ0) is 11.1. The highest BCUT2D eigenvalue weighted by Gasteiger charge is 2.15. The summed E-state index contributed by atoms with van der Waals surface area (Å²) in [5.74, 6) is 0.624. The molecule has 1 aliphatic rings. The highest BCUT2D eigenvalue weighted by atomic mass is 32.2. The molecular weight excluding hydrogens is 214 g/mol. The van der Waals surface area contributed by atoms with Crippen LogP contribution in [0.2, 0.25) is 0 Å². The van der Waals surface area contributed by atoms with Gasteiger partial charge < -0.3 is 5.32 Å². The minimum absolute atomic E-state index is 0.500. The molecule has 1 saturated heterocycles. The smallest absolute Gasteiger partial charge is 0.276 e. The lowest BCUT2D eigenvalue weighted by Gasteiger charge is -2.10. The number of rotatable bonds is 7. The number of hydrogen-bond acceptors (Lipinski definition) is 3. The molecule has 3 N–H and O–H groups in total. The quantitative estimate of drug-likeness (QED) is 0.573. The van der Waals surface area contributed by atoms with E-state index in [1.54, 1.807) is 0 Å². The SMILES string of the molecule is CCCNS(=O)(=O)NCCC1CCNC1. The molecule has 0 radical (unpaired) electrons. The summed E-state index contributed by atoms with van der Waals surface area (Å²) in [6, 6.07) is 0. The van der Waals surface area contributed by atoms with Gasteiger partial charge in [-0.05, 0) is 38.3 Å². The van der Waals surface area contributed by atoms with E-state index in [0.717, 1.165) is 32.4 Å². The minimum Gasteiger partial charge on any atom is -0.316 e. The molecule has 0 amide bonds. The van der Waals surface area contributed by atoms with Crippen LogP contribution in [-0.4, -0.2) is 34.6 Å². The van der Waals surface area contributed by atoms with E-state index >= 15 is 0 Å². The Morgan fingerprint density at radius 2 is 2.07 bits per heavy atom. The van der Waals surface area contributed by atoms with Crippen LogP contribution in [-0.2, 0) is 10.2 Å². The molecule has 1 heterocycles. The predicted molar refractivity (Wildman–Crippen MR) is 60.8 cm³/mol. The van der Waals surface area contributed by atoms with E-state index in [0.29, 0.717) is 19.0 Å². The molecule has 5 nitrogen and oxygen atoms in total. The van der Waals surface area contributed by atoms with Gasteiger partial charge >= 0.3 is 0 Å². The average molecular weight is 235 g/mol. The molecule has 0 saturated carbocycles. The van der Waals surface area contributed by atoms with Crippen LogP contribution in [0.5, 0.6) is 0 Å². The molecule has 1 rings (SSSR count). The molecule has 0 spiro atoms. The summed E-state index contributed by atoms with van der Waals surface area (Å²) in [7, 11) is -3.26. The van der Waals surface area contributed by atoms with Crippen LogP contribution in [0.4, 0.5) is 0 Å². The van der Waals surface area contributed by atoms with E-state index in [2.05, 4.69) is 14.8 Å². The summed E-state index contributed by atoms with van der Waals surface area (Å²) in [6.45, 7) is 5.05. The van der Waals surface area contributed by atoms with E-state index < -0.39 is 10.2 Å². The molecule has 90 valence electrons. The summed E-state index contributed by atoms with van der Waals surface area (Å²) in [6.07, 6.45) is 2.89. The lowest BCUT2D eigenvalue weighted by atomic mass is 10.1. The zero-order valence-corrected chi connectivity index (χ0v) is 10.1. The van der Waals surface area contributed by atoms with Gasteiger partial charge in [0.15, 0.2) is 0 Å². The first-order valence-electron chi connectivity index (χ1n) is 5.59. The van der Waals surface area contributed by atoms with Crippen molar-refractivity contribution in [3.05, 3.63) is 0 Å². The van der Waals surface area contributed by atoms with Crippen LogP contribution in [0.1, 0.15) is 26.2 Å². The van der Waals surface area contributed by atoms with Gasteiger partial charge in [0.1, 0.15) is 0 Å². The van der Waals surface area contributed by atoms with Crippen molar-refractivity contribution < 1.29 is 8.42 Å². The Hall–Kier alpha value is -0.170. The molecule has 6 heteroatoms. The van der Waals surface area contributed by atoms with Gasteiger partial charge in [-0.25, -0.2) is 9.44 Å². The Morgan fingerprint density at radius 3 is 2.67 bits per heavy atom. The number of nitrogens with one attached hydrogen (secondary N) is 3. The molecule has 1 atom stereocenters. The first kappa shape index (κ1) is 12.9. The van der Waals surface area contributed by atoms with Gasteiger partial charge in [0, 0.05) is 13.1 Å². The van der Waals surface area contributed by atoms with Crippen LogP contribution < -0.4 is 14.8 Å². The molecule has 0 aromatic heterocycles. The molecule has 1 fully saturated rings. The van der Waals surface area contributed by atoms with Crippen molar-refractivity contribution in [3.63, 3.8) is 0 Å². The fourth-order valence-electron chi connectivity index (χ4n) is 1.65. The second-order valence-corrected chi connectivity index (χ2v) is 5.52. The van der Waals surface area contributed by atoms with Crippen LogP contribution in [0.25, 0.3) is 0 Å². The van der Waals surface area contributed by atoms with Crippen molar-refractivity contribution in [2.75, 3.05) is 26.2 Å². The molecule has 1 aliphatic heterocycles. The summed E-state index contributed by atoms with van der Waals surface area (Å²) < 4.78 is 27.7. The third-order valence-corrected chi connectivity index (χ3v) is 3.72. The standard InChI is InChI=1S/C9H21N3O2S/c1-2-5-11-15(13,14)12-7-4-9-3-6-10-8-9/h9-12H,2-8H2,1H3. The van der Waals surface area contributed by atoms with E-state index in [1.807, 2.05) is 6.92 Å². The van der Waals surface area contributed by atoms with Crippen molar-refractivity contribution in [3.8, 4) is 0 Å². The first-order chi connectivity index (χ1) is 7.14. The van der Waals surface area contributed by atoms with Crippen molar-refractivity contribution in [2.24, 2.45) is 5.92 Å². The van der Waals surface area contributed by atoms with Gasteiger partial charge in [-0.2, -0.15) is 8.42 Å². The first-order valence-corrected chi connectivity index (χ1v) is 7.07. The Kier molecular flexibility index (Phi) is 5.52. The van der Waals surface area contributed by atoms with Crippen molar-refractivity contribution in [1.82, 2.24) is 14.8 Å². The monoisotopic (exact) mass is 235 g/mol. The maximum atomic E-state index is 11.3. The molecule has 0 bridgehead atoms. The second kappa shape index (κ2) is 6.42. The Labute approximate surface area is 92.2 Å². The van der Waals surface area contributed by atoms with Gasteiger partial charge in [0.05, 0.1) is 0 Å². The average Bonchev–Trinajstić information content (AvgIpc) is 2.67. The van der Waals surface area contributed by atoms with Gasteiger partial charge in [-0.15, -0.1) is 0 Å². The van der Waals surface area contributed by atoms with Crippen LogP contribution in [0.3, 0.4) is 0 Å². The highest BCUT2D eigenvalue weighted by molar-refractivity contribution is 7.87. The van der Waals surface area contributed by atoms with Gasteiger partial charge in [-0.3, -0.25) is 0 Å². The third-order valence-electron chi connectivity index (χ3n) is 2.55. The topological polar surface area (TPSA) is 70.2 Å². The lowest BCUT2D eigenvalue weighted by Crippen LogP contribution is -2.37. The molecule has 15 heavy (non-hydrogen) atoms. The molecular formula is C9H21N3O2S. The summed E-state index contributed by atoms with van der Waals surface area (Å²) in [5, 5.41) is 3.26. The highest BCUT2D eigenvalue weighted by Crippen LogP contribution is 2.10. The maximum Gasteiger partial charge on any atom is 0.276 e. The van der Waals surface area contributed by atoms with Crippen LogP contribution in [0, 0.1) is 5.92 Å². The van der Waals surface area contributed by atoms with Crippen LogP contribution in [0.15, 0.2) is 0 Å². The largest absolute Gasteiger partial charge is 0.316 e.